The van der Waals surface area contributed by atoms with E-state index < -0.39 is 0 Å². The Kier molecular flexibility index (Phi) is 10.6. The van der Waals surface area contributed by atoms with Crippen LogP contribution in [0.15, 0.2) is 53.2 Å². The molecule has 0 aliphatic heterocycles. The van der Waals surface area contributed by atoms with E-state index >= 15 is 0 Å². The second-order valence-corrected chi connectivity index (χ2v) is 8.69. The number of hydrogen-bond acceptors (Lipinski definition) is 4. The normalized spacial score (nSPS) is 11.6. The van der Waals surface area contributed by atoms with Crippen LogP contribution in [0.1, 0.15) is 20.8 Å². The molecule has 0 saturated heterocycles. The van der Waals surface area contributed by atoms with Gasteiger partial charge in [-0.1, -0.05) is 30.0 Å². The third-order valence-corrected chi connectivity index (χ3v) is 4.83. The van der Waals surface area contributed by atoms with Crippen molar-refractivity contribution in [1.82, 2.24) is 4.90 Å². The van der Waals surface area contributed by atoms with E-state index in [0.717, 1.165) is 11.3 Å². The van der Waals surface area contributed by atoms with Gasteiger partial charge in [-0.15, -0.1) is 0 Å². The highest BCUT2D eigenvalue weighted by Crippen LogP contribution is 2.25. The molecule has 2 aromatic rings. The zero-order valence-corrected chi connectivity index (χ0v) is 19.0. The van der Waals surface area contributed by atoms with Crippen LogP contribution in [0.5, 0.6) is 5.75 Å². The van der Waals surface area contributed by atoms with Crippen LogP contribution in [0.25, 0.3) is 11.1 Å². The Morgan fingerprint density at radius 1 is 1.10 bits per heavy atom. The van der Waals surface area contributed by atoms with Crippen LogP contribution in [0, 0.1) is 17.3 Å². The molecule has 1 heterocycles. The van der Waals surface area contributed by atoms with E-state index in [0.29, 0.717) is 39.5 Å². The summed E-state index contributed by atoms with van der Waals surface area (Å²) < 4.78 is 24.2. The van der Waals surface area contributed by atoms with Crippen LogP contribution < -0.4 is 4.74 Å². The van der Waals surface area contributed by atoms with Crippen molar-refractivity contribution in [2.75, 3.05) is 46.1 Å². The maximum Gasteiger partial charge on any atom is 0.120 e. The Bertz CT molecular complexity index is 816. The molecule has 0 fully saturated rings. The van der Waals surface area contributed by atoms with Gasteiger partial charge in [-0.05, 0) is 66.9 Å². The predicted molar refractivity (Wildman–Crippen MR) is 125 cm³/mol. The molecule has 5 heteroatoms. The Labute approximate surface area is 184 Å². The third kappa shape index (κ3) is 10.1. The van der Waals surface area contributed by atoms with Gasteiger partial charge in [-0.3, -0.25) is 4.90 Å². The van der Waals surface area contributed by atoms with Crippen molar-refractivity contribution in [2.24, 2.45) is 5.41 Å². The maximum atomic E-state index is 12.8. The second-order valence-electron chi connectivity index (χ2n) is 7.91. The number of nitrogens with zero attached hydrogens (tertiary/aromatic N) is 1. The number of allylic oxidation sites excluding steroid dienone is 1. The Hall–Kier alpha value is -2.13. The fraction of sp³-hybridized carbons (Fsp3) is 0.440. The second kappa shape index (κ2) is 13.2. The number of thiophene rings is 1. The first-order valence-electron chi connectivity index (χ1n) is 10.3. The topological polar surface area (TPSA) is 21.7 Å². The van der Waals surface area contributed by atoms with Crippen molar-refractivity contribution < 1.29 is 13.9 Å². The highest BCUT2D eigenvalue weighted by molar-refractivity contribution is 7.08. The number of alkyl halides is 1. The van der Waals surface area contributed by atoms with Crippen LogP contribution in [-0.2, 0) is 4.74 Å². The average molecular weight is 430 g/mol. The predicted octanol–water partition coefficient (Wildman–Crippen LogP) is 5.69. The van der Waals surface area contributed by atoms with Gasteiger partial charge >= 0.3 is 0 Å². The first-order valence-corrected chi connectivity index (χ1v) is 11.2. The van der Waals surface area contributed by atoms with Gasteiger partial charge < -0.3 is 9.47 Å². The summed E-state index contributed by atoms with van der Waals surface area (Å²) in [6.07, 6.45) is 3.81. The quantitative estimate of drug-likeness (QED) is 0.320. The van der Waals surface area contributed by atoms with Gasteiger partial charge in [0.15, 0.2) is 0 Å². The molecule has 0 bridgehead atoms. The lowest BCUT2D eigenvalue weighted by Gasteiger charge is -2.18. The molecular weight excluding hydrogens is 397 g/mol. The highest BCUT2D eigenvalue weighted by Gasteiger charge is 2.04. The Balaban J connectivity index is 1.65. The summed E-state index contributed by atoms with van der Waals surface area (Å²) in [6.45, 7) is 9.11. The Morgan fingerprint density at radius 3 is 2.70 bits per heavy atom. The molecule has 0 saturated carbocycles. The zero-order chi connectivity index (χ0) is 21.7. The molecular formula is C25H32FNO2S. The summed E-state index contributed by atoms with van der Waals surface area (Å²) in [6, 6.07) is 10.2. The molecule has 3 nitrogen and oxygen atoms in total. The average Bonchev–Trinajstić information content (AvgIpc) is 3.24. The number of benzene rings is 1. The van der Waals surface area contributed by atoms with Crippen LogP contribution >= 0.6 is 11.3 Å². The van der Waals surface area contributed by atoms with Crippen LogP contribution in [-0.4, -0.2) is 51.0 Å². The van der Waals surface area contributed by atoms with E-state index in [1.165, 1.54) is 5.56 Å². The minimum absolute atomic E-state index is 0.00983. The first-order chi connectivity index (χ1) is 14.5. The summed E-state index contributed by atoms with van der Waals surface area (Å²) >= 11 is 1.68. The molecule has 0 atom stereocenters. The van der Waals surface area contributed by atoms with E-state index in [9.17, 15) is 4.39 Å². The van der Waals surface area contributed by atoms with Gasteiger partial charge in [-0.25, -0.2) is 4.39 Å². The summed E-state index contributed by atoms with van der Waals surface area (Å²) in [5.74, 6) is 7.02. The molecule has 30 heavy (non-hydrogen) atoms. The monoisotopic (exact) mass is 429 g/mol. The van der Waals surface area contributed by atoms with E-state index in [1.54, 1.807) is 11.3 Å². The van der Waals surface area contributed by atoms with Gasteiger partial charge in [0.1, 0.15) is 19.0 Å². The number of ether oxygens (including phenoxy) is 2. The largest absolute Gasteiger partial charge is 0.491 e. The minimum atomic E-state index is -0.370. The summed E-state index contributed by atoms with van der Waals surface area (Å²) in [5, 5.41) is 4.19. The van der Waals surface area contributed by atoms with E-state index in [-0.39, 0.29) is 12.1 Å². The molecule has 0 aliphatic carbocycles. The van der Waals surface area contributed by atoms with Gasteiger partial charge in [0.2, 0.25) is 0 Å². The van der Waals surface area contributed by atoms with E-state index in [2.05, 4.69) is 55.5 Å². The molecule has 0 amide bonds. The lowest BCUT2D eigenvalue weighted by Crippen LogP contribution is -2.30. The molecule has 2 rings (SSSR count). The standard InChI is InChI=1S/C25H32FNO2S/c1-25(2,3)11-5-4-6-13-27(14-12-26)15-16-28-17-18-29-24-9-7-8-22(20-24)23-10-19-30-21-23/h4,6-10,19-21H,12-18H2,1-3H3. The van der Waals surface area contributed by atoms with Crippen LogP contribution in [0.3, 0.4) is 0 Å². The van der Waals surface area contributed by atoms with Gasteiger partial charge in [-0.2, -0.15) is 11.3 Å². The van der Waals surface area contributed by atoms with E-state index in [1.807, 2.05) is 35.3 Å². The highest BCUT2D eigenvalue weighted by atomic mass is 32.1. The summed E-state index contributed by atoms with van der Waals surface area (Å²) in [5.41, 5.74) is 2.34. The number of halogens is 1. The molecule has 0 aliphatic rings. The van der Waals surface area contributed by atoms with Gasteiger partial charge in [0.05, 0.1) is 13.2 Å². The van der Waals surface area contributed by atoms with Gasteiger partial charge in [0, 0.05) is 25.0 Å². The fourth-order valence-corrected chi connectivity index (χ4v) is 3.31. The summed E-state index contributed by atoms with van der Waals surface area (Å²) in [4.78, 5) is 2.01. The smallest absolute Gasteiger partial charge is 0.120 e. The minimum Gasteiger partial charge on any atom is -0.491 e. The molecule has 1 aromatic heterocycles. The lowest BCUT2D eigenvalue weighted by molar-refractivity contribution is 0.0808. The van der Waals surface area contributed by atoms with Gasteiger partial charge in [0.25, 0.3) is 0 Å². The van der Waals surface area contributed by atoms with E-state index in [4.69, 9.17) is 9.47 Å². The molecule has 0 N–H and O–H groups in total. The van der Waals surface area contributed by atoms with Crippen molar-refractivity contribution in [2.45, 2.75) is 20.8 Å². The fourth-order valence-electron chi connectivity index (χ4n) is 2.64. The van der Waals surface area contributed by atoms with Crippen molar-refractivity contribution in [3.05, 3.63) is 53.2 Å². The first kappa shape index (κ1) is 24.1. The van der Waals surface area contributed by atoms with Crippen molar-refractivity contribution in [3.63, 3.8) is 0 Å². The van der Waals surface area contributed by atoms with Crippen LogP contribution in [0.2, 0.25) is 0 Å². The van der Waals surface area contributed by atoms with Crippen molar-refractivity contribution in [3.8, 4) is 28.7 Å². The molecule has 0 unspecified atom stereocenters. The summed E-state index contributed by atoms with van der Waals surface area (Å²) in [7, 11) is 0. The number of hydrogen-bond donors (Lipinski definition) is 0. The molecule has 1 aromatic carbocycles. The maximum absolute atomic E-state index is 12.8. The SMILES string of the molecule is CC(C)(C)C#CC=CCN(CCF)CCOCCOc1cccc(-c2ccsc2)c1. The zero-order valence-electron chi connectivity index (χ0n) is 18.2. The molecule has 0 spiro atoms. The third-order valence-electron chi connectivity index (χ3n) is 4.15. The van der Waals surface area contributed by atoms with Crippen molar-refractivity contribution >= 4 is 11.3 Å². The van der Waals surface area contributed by atoms with Crippen LogP contribution in [0.4, 0.5) is 4.39 Å². The lowest BCUT2D eigenvalue weighted by atomic mass is 9.98. The molecule has 0 radical (unpaired) electrons. The molecule has 162 valence electrons. The number of rotatable bonds is 12. The Morgan fingerprint density at radius 2 is 1.97 bits per heavy atom. The van der Waals surface area contributed by atoms with Crippen molar-refractivity contribution in [1.29, 1.82) is 0 Å².